The highest BCUT2D eigenvalue weighted by Crippen LogP contribution is 2.40. The summed E-state index contributed by atoms with van der Waals surface area (Å²) in [5, 5.41) is 0. The number of ether oxygens (including phenoxy) is 4. The maximum absolute atomic E-state index is 8.17. The number of rotatable bonds is 6. The largest absolute Gasteiger partial charge is 0.496 e. The summed E-state index contributed by atoms with van der Waals surface area (Å²) in [6.45, 7) is 4.39. The van der Waals surface area contributed by atoms with Crippen molar-refractivity contribution in [3.63, 3.8) is 0 Å². The lowest BCUT2D eigenvalue weighted by Gasteiger charge is -2.25. The van der Waals surface area contributed by atoms with E-state index in [1.54, 1.807) is 28.4 Å². The maximum Gasteiger partial charge on any atom is 0.310 e. The Morgan fingerprint density at radius 1 is 0.781 bits per heavy atom. The van der Waals surface area contributed by atoms with Crippen LogP contribution in [0.25, 0.3) is 12.2 Å². The Hall–Kier alpha value is -3.04. The van der Waals surface area contributed by atoms with Gasteiger partial charge in [0.05, 0.1) is 39.6 Å². The molecule has 6 heteroatoms. The van der Waals surface area contributed by atoms with Crippen molar-refractivity contribution in [3.05, 3.63) is 70.3 Å². The van der Waals surface area contributed by atoms with Gasteiger partial charge in [-0.2, -0.15) is 0 Å². The van der Waals surface area contributed by atoms with Gasteiger partial charge in [0.1, 0.15) is 23.0 Å². The quantitative estimate of drug-likeness (QED) is 0.473. The van der Waals surface area contributed by atoms with Crippen molar-refractivity contribution in [1.82, 2.24) is 0 Å². The second-order valence-electron chi connectivity index (χ2n) is 7.41. The molecule has 0 fully saturated rings. The van der Waals surface area contributed by atoms with Crippen molar-refractivity contribution in [3.8, 4) is 23.0 Å². The molecule has 0 aliphatic heterocycles. The van der Waals surface area contributed by atoms with Gasteiger partial charge in [0.2, 0.25) is 0 Å². The molecular weight excluding hydrogens is 423 g/mol. The number of methoxy groups -OCH3 is 4. The molecule has 170 valence electrons. The van der Waals surface area contributed by atoms with Gasteiger partial charge < -0.3 is 18.9 Å². The first-order chi connectivity index (χ1) is 15.5. The summed E-state index contributed by atoms with van der Waals surface area (Å²) >= 11 is 0. The Kier molecular flexibility index (Phi) is 9.55. The highest BCUT2D eigenvalue weighted by molar-refractivity contribution is 7.00. The molecule has 0 spiro atoms. The van der Waals surface area contributed by atoms with Crippen molar-refractivity contribution in [2.75, 3.05) is 28.4 Å². The van der Waals surface area contributed by atoms with Gasteiger partial charge in [0, 0.05) is 5.92 Å². The molecule has 1 aliphatic rings. The van der Waals surface area contributed by atoms with Crippen molar-refractivity contribution in [2.45, 2.75) is 20.3 Å². The molecule has 32 heavy (non-hydrogen) atoms. The molecule has 1 aliphatic carbocycles. The average Bonchev–Trinajstić information content (AvgIpc) is 2.83. The SMILES string of the molecule is COc1cccc(OC)c1C=C1C=C(C)CC(=Cc2c(OC)cccc2OC)C1C.O=[PH2+]. The van der Waals surface area contributed by atoms with E-state index < -0.39 is 0 Å². The number of allylic oxidation sites excluding steroid dienone is 4. The van der Waals surface area contributed by atoms with Gasteiger partial charge >= 0.3 is 9.12 Å². The van der Waals surface area contributed by atoms with Crippen molar-refractivity contribution >= 4 is 21.3 Å². The van der Waals surface area contributed by atoms with E-state index in [1.807, 2.05) is 36.4 Å². The zero-order valence-electron chi connectivity index (χ0n) is 19.6. The summed E-state index contributed by atoms with van der Waals surface area (Å²) in [5.74, 6) is 3.42. The van der Waals surface area contributed by atoms with E-state index in [2.05, 4.69) is 32.1 Å². The zero-order valence-corrected chi connectivity index (χ0v) is 20.8. The molecular formula is C26H32O5P+. The molecule has 0 N–H and O–H groups in total. The molecule has 0 amide bonds. The molecule has 5 nitrogen and oxygen atoms in total. The highest BCUT2D eigenvalue weighted by Gasteiger charge is 2.21. The Balaban J connectivity index is 0.00000176. The van der Waals surface area contributed by atoms with Crippen LogP contribution in [0.4, 0.5) is 0 Å². The summed E-state index contributed by atoms with van der Waals surface area (Å²) in [4.78, 5) is 0. The second-order valence-corrected chi connectivity index (χ2v) is 7.41. The lowest BCUT2D eigenvalue weighted by molar-refractivity contribution is 0.392. The van der Waals surface area contributed by atoms with Gasteiger partial charge in [-0.05, 0) is 55.3 Å². The molecule has 2 atom stereocenters. The van der Waals surface area contributed by atoms with Crippen LogP contribution < -0.4 is 18.9 Å². The highest BCUT2D eigenvalue weighted by atomic mass is 31.0. The van der Waals surface area contributed by atoms with E-state index >= 15 is 0 Å². The van der Waals surface area contributed by atoms with Gasteiger partial charge in [0.25, 0.3) is 0 Å². The molecule has 3 rings (SSSR count). The zero-order chi connectivity index (χ0) is 23.7. The third-order valence-electron chi connectivity index (χ3n) is 5.52. The standard InChI is InChI=1S/C26H30O4.H2OP/c1-17-13-19(15-21-23(27-3)9-7-10-24(21)28-4)18(2)20(14-17)16-22-25(29-5)11-8-12-26(22)30-6;1-2/h7-13,15-16,18H,14H2,1-6H3;2H2/q;+1. The maximum atomic E-state index is 8.17. The molecule has 0 radical (unpaired) electrons. The Morgan fingerprint density at radius 2 is 1.19 bits per heavy atom. The molecule has 0 saturated heterocycles. The minimum atomic E-state index is 0.220. The molecule has 0 aromatic heterocycles. The summed E-state index contributed by atoms with van der Waals surface area (Å²) in [6.07, 6.45) is 7.53. The van der Waals surface area contributed by atoms with Gasteiger partial charge in [0.15, 0.2) is 0 Å². The van der Waals surface area contributed by atoms with E-state index in [0.717, 1.165) is 40.5 Å². The number of benzene rings is 2. The van der Waals surface area contributed by atoms with Gasteiger partial charge in [-0.25, -0.2) is 0 Å². The van der Waals surface area contributed by atoms with E-state index in [4.69, 9.17) is 23.5 Å². The normalized spacial score (nSPS) is 17.8. The minimum absolute atomic E-state index is 0.220. The third kappa shape index (κ3) is 5.60. The van der Waals surface area contributed by atoms with Gasteiger partial charge in [-0.3, -0.25) is 0 Å². The molecule has 2 aromatic rings. The first-order valence-corrected chi connectivity index (χ1v) is 10.7. The lowest BCUT2D eigenvalue weighted by atomic mass is 9.80. The molecule has 0 saturated carbocycles. The fourth-order valence-electron chi connectivity index (χ4n) is 3.89. The first-order valence-electron chi connectivity index (χ1n) is 10.3. The van der Waals surface area contributed by atoms with Crippen LogP contribution >= 0.6 is 9.12 Å². The first kappa shape index (κ1) is 25.2. The smallest absolute Gasteiger partial charge is 0.310 e. The van der Waals surface area contributed by atoms with Crippen molar-refractivity contribution in [1.29, 1.82) is 0 Å². The fraction of sp³-hybridized carbons (Fsp3) is 0.308. The van der Waals surface area contributed by atoms with Crippen LogP contribution in [-0.4, -0.2) is 28.4 Å². The van der Waals surface area contributed by atoms with E-state index in [0.29, 0.717) is 0 Å². The summed E-state index contributed by atoms with van der Waals surface area (Å²) in [5.41, 5.74) is 5.73. The van der Waals surface area contributed by atoms with E-state index in [-0.39, 0.29) is 5.92 Å². The Labute approximate surface area is 193 Å². The van der Waals surface area contributed by atoms with E-state index in [9.17, 15) is 0 Å². The number of hydrogen-bond acceptors (Lipinski definition) is 5. The van der Waals surface area contributed by atoms with Crippen LogP contribution in [0.2, 0.25) is 0 Å². The average molecular weight is 456 g/mol. The third-order valence-corrected chi connectivity index (χ3v) is 5.52. The second kappa shape index (κ2) is 12.1. The molecule has 2 aromatic carbocycles. The predicted molar refractivity (Wildman–Crippen MR) is 133 cm³/mol. The van der Waals surface area contributed by atoms with Crippen molar-refractivity contribution in [2.24, 2.45) is 5.92 Å². The van der Waals surface area contributed by atoms with Gasteiger partial charge in [-0.15, -0.1) is 0 Å². The van der Waals surface area contributed by atoms with Crippen LogP contribution in [0.3, 0.4) is 0 Å². The lowest BCUT2D eigenvalue weighted by Crippen LogP contribution is -2.09. The molecule has 2 unspecified atom stereocenters. The van der Waals surface area contributed by atoms with Crippen LogP contribution in [0.1, 0.15) is 31.4 Å². The summed E-state index contributed by atoms with van der Waals surface area (Å²) in [6, 6.07) is 11.7. The monoisotopic (exact) mass is 455 g/mol. The summed E-state index contributed by atoms with van der Waals surface area (Å²) in [7, 11) is 7.90. The minimum Gasteiger partial charge on any atom is -0.496 e. The Bertz CT molecular complexity index is 978. The Morgan fingerprint density at radius 3 is 1.59 bits per heavy atom. The summed E-state index contributed by atoms with van der Waals surface area (Å²) < 4.78 is 30.5. The predicted octanol–water partition coefficient (Wildman–Crippen LogP) is 6.38. The van der Waals surface area contributed by atoms with Crippen LogP contribution in [0.15, 0.2) is 59.2 Å². The topological polar surface area (TPSA) is 54.0 Å². The molecule has 0 heterocycles. The fourth-order valence-corrected chi connectivity index (χ4v) is 3.89. The van der Waals surface area contributed by atoms with Crippen LogP contribution in [0.5, 0.6) is 23.0 Å². The molecule has 0 bridgehead atoms. The number of hydrogen-bond donors (Lipinski definition) is 0. The van der Waals surface area contributed by atoms with Gasteiger partial charge in [-0.1, -0.05) is 40.8 Å². The van der Waals surface area contributed by atoms with Crippen LogP contribution in [0, 0.1) is 5.92 Å². The van der Waals surface area contributed by atoms with Crippen LogP contribution in [-0.2, 0) is 4.57 Å². The van der Waals surface area contributed by atoms with Crippen molar-refractivity contribution < 1.29 is 23.5 Å². The van der Waals surface area contributed by atoms with E-state index in [1.165, 1.54) is 25.8 Å².